The number of nitrogens with one attached hydrogen (secondary N) is 1. The summed E-state index contributed by atoms with van der Waals surface area (Å²) in [5.74, 6) is 1.51. The van der Waals surface area contributed by atoms with Crippen molar-refractivity contribution in [2.45, 2.75) is 38.6 Å². The van der Waals surface area contributed by atoms with Crippen molar-refractivity contribution in [3.05, 3.63) is 16.6 Å². The molecule has 0 saturated heterocycles. The summed E-state index contributed by atoms with van der Waals surface area (Å²) in [6.45, 7) is 6.37. The lowest BCUT2D eigenvalue weighted by Crippen LogP contribution is -2.48. The van der Waals surface area contributed by atoms with E-state index < -0.39 is 0 Å². The summed E-state index contributed by atoms with van der Waals surface area (Å²) >= 11 is 1.78. The molecule has 1 aliphatic carbocycles. The molecule has 0 amide bonds. The van der Waals surface area contributed by atoms with Crippen LogP contribution in [0.4, 0.5) is 0 Å². The first-order chi connectivity index (χ1) is 8.66. The largest absolute Gasteiger partial charge is 0.383 e. The molecule has 1 aromatic heterocycles. The van der Waals surface area contributed by atoms with E-state index in [0.717, 1.165) is 25.0 Å². The number of ether oxygens (including phenoxy) is 1. The van der Waals surface area contributed by atoms with E-state index >= 15 is 0 Å². The minimum atomic E-state index is 0.0732. The van der Waals surface area contributed by atoms with Gasteiger partial charge in [-0.1, -0.05) is 13.8 Å². The van der Waals surface area contributed by atoms with Crippen LogP contribution in [-0.4, -0.2) is 25.2 Å². The highest BCUT2D eigenvalue weighted by molar-refractivity contribution is 7.09. The number of rotatable bonds is 5. The number of aromatic nitrogens is 1. The van der Waals surface area contributed by atoms with Crippen molar-refractivity contribution >= 4 is 11.3 Å². The Bertz CT molecular complexity index is 343. The maximum Gasteiger partial charge on any atom is 0.113 e. The Balaban J connectivity index is 2.16. The van der Waals surface area contributed by atoms with Gasteiger partial charge in [-0.05, 0) is 31.1 Å². The highest BCUT2D eigenvalue weighted by Gasteiger charge is 2.40. The molecule has 1 fully saturated rings. The van der Waals surface area contributed by atoms with Crippen LogP contribution in [-0.2, 0) is 10.3 Å². The van der Waals surface area contributed by atoms with Gasteiger partial charge in [0.25, 0.3) is 0 Å². The first-order valence-electron chi connectivity index (χ1n) is 6.80. The molecule has 1 aliphatic rings. The van der Waals surface area contributed by atoms with Gasteiger partial charge < -0.3 is 10.1 Å². The molecule has 2 atom stereocenters. The Morgan fingerprint density at radius 3 is 2.72 bits per heavy atom. The standard InChI is InChI=1S/C14H24N2OS/c1-11-8-12(2)10-14(9-11,16-4-6-17-3)13-15-5-7-18-13/h5,7,11-12,16H,4,6,8-10H2,1-3H3. The number of hydrogen-bond acceptors (Lipinski definition) is 4. The van der Waals surface area contributed by atoms with E-state index in [2.05, 4.69) is 29.5 Å². The lowest BCUT2D eigenvalue weighted by Gasteiger charge is -2.42. The Hall–Kier alpha value is -0.450. The molecule has 0 bridgehead atoms. The third kappa shape index (κ3) is 3.11. The molecule has 18 heavy (non-hydrogen) atoms. The van der Waals surface area contributed by atoms with Crippen LogP contribution in [0.5, 0.6) is 0 Å². The highest BCUT2D eigenvalue weighted by Crippen LogP contribution is 2.43. The van der Waals surface area contributed by atoms with Crippen LogP contribution < -0.4 is 5.32 Å². The highest BCUT2D eigenvalue weighted by atomic mass is 32.1. The zero-order chi connectivity index (χ0) is 13.0. The van der Waals surface area contributed by atoms with Crippen molar-refractivity contribution in [1.29, 1.82) is 0 Å². The maximum atomic E-state index is 5.17. The van der Waals surface area contributed by atoms with Gasteiger partial charge in [-0.15, -0.1) is 11.3 Å². The lowest BCUT2D eigenvalue weighted by molar-refractivity contribution is 0.123. The predicted octanol–water partition coefficient (Wildman–Crippen LogP) is 3.03. The molecule has 1 N–H and O–H groups in total. The summed E-state index contributed by atoms with van der Waals surface area (Å²) in [6, 6.07) is 0. The lowest BCUT2D eigenvalue weighted by atomic mass is 9.72. The molecule has 2 unspecified atom stereocenters. The molecule has 2 rings (SSSR count). The fourth-order valence-electron chi connectivity index (χ4n) is 3.37. The zero-order valence-electron chi connectivity index (χ0n) is 11.6. The van der Waals surface area contributed by atoms with Gasteiger partial charge in [0.15, 0.2) is 0 Å². The van der Waals surface area contributed by atoms with E-state index in [1.54, 1.807) is 18.4 Å². The Labute approximate surface area is 114 Å². The van der Waals surface area contributed by atoms with Gasteiger partial charge in [-0.3, -0.25) is 0 Å². The van der Waals surface area contributed by atoms with Crippen molar-refractivity contribution in [2.75, 3.05) is 20.3 Å². The Kier molecular flexibility index (Phi) is 4.76. The minimum absolute atomic E-state index is 0.0732. The topological polar surface area (TPSA) is 34.1 Å². The van der Waals surface area contributed by atoms with Crippen molar-refractivity contribution in [3.63, 3.8) is 0 Å². The third-order valence-corrected chi connectivity index (χ3v) is 4.79. The molecule has 0 spiro atoms. The van der Waals surface area contributed by atoms with Crippen molar-refractivity contribution in [2.24, 2.45) is 11.8 Å². The van der Waals surface area contributed by atoms with Gasteiger partial charge >= 0.3 is 0 Å². The molecule has 0 aromatic carbocycles. The number of thiazole rings is 1. The normalized spacial score (nSPS) is 32.6. The third-order valence-electron chi connectivity index (χ3n) is 3.81. The van der Waals surface area contributed by atoms with Crippen molar-refractivity contribution in [3.8, 4) is 0 Å². The quantitative estimate of drug-likeness (QED) is 0.834. The van der Waals surface area contributed by atoms with Gasteiger partial charge in [-0.25, -0.2) is 4.98 Å². The minimum Gasteiger partial charge on any atom is -0.383 e. The summed E-state index contributed by atoms with van der Waals surface area (Å²) < 4.78 is 5.17. The fourth-order valence-corrected chi connectivity index (χ4v) is 4.21. The molecule has 1 saturated carbocycles. The molecule has 102 valence electrons. The van der Waals surface area contributed by atoms with E-state index in [1.807, 2.05) is 6.20 Å². The Morgan fingerprint density at radius 2 is 2.17 bits per heavy atom. The molecule has 4 heteroatoms. The molecule has 0 aliphatic heterocycles. The summed E-state index contributed by atoms with van der Waals surface area (Å²) in [6.07, 6.45) is 5.63. The molecule has 0 radical (unpaired) electrons. The Morgan fingerprint density at radius 1 is 1.44 bits per heavy atom. The van der Waals surface area contributed by atoms with Crippen LogP contribution in [0.3, 0.4) is 0 Å². The first-order valence-corrected chi connectivity index (χ1v) is 7.68. The van der Waals surface area contributed by atoms with E-state index in [1.165, 1.54) is 24.3 Å². The monoisotopic (exact) mass is 268 g/mol. The van der Waals surface area contributed by atoms with Gasteiger partial charge in [0.1, 0.15) is 5.01 Å². The van der Waals surface area contributed by atoms with Gasteiger partial charge in [0, 0.05) is 25.2 Å². The summed E-state index contributed by atoms with van der Waals surface area (Å²) in [5, 5.41) is 7.05. The van der Waals surface area contributed by atoms with Crippen molar-refractivity contribution in [1.82, 2.24) is 10.3 Å². The number of hydrogen-bond donors (Lipinski definition) is 1. The van der Waals surface area contributed by atoms with E-state index in [0.29, 0.717) is 0 Å². The molecular formula is C14H24N2OS. The van der Waals surface area contributed by atoms with Gasteiger partial charge in [0.2, 0.25) is 0 Å². The average molecular weight is 268 g/mol. The second kappa shape index (κ2) is 6.13. The predicted molar refractivity (Wildman–Crippen MR) is 75.8 cm³/mol. The fraction of sp³-hybridized carbons (Fsp3) is 0.786. The second-order valence-electron chi connectivity index (χ2n) is 5.69. The molecule has 1 aromatic rings. The van der Waals surface area contributed by atoms with Crippen molar-refractivity contribution < 1.29 is 4.74 Å². The maximum absolute atomic E-state index is 5.17. The van der Waals surface area contributed by atoms with Crippen LogP contribution in [0.25, 0.3) is 0 Å². The van der Waals surface area contributed by atoms with Crippen LogP contribution in [0.15, 0.2) is 11.6 Å². The van der Waals surface area contributed by atoms with E-state index in [9.17, 15) is 0 Å². The number of nitrogens with zero attached hydrogens (tertiary/aromatic N) is 1. The van der Waals surface area contributed by atoms with Crippen LogP contribution in [0.2, 0.25) is 0 Å². The zero-order valence-corrected chi connectivity index (χ0v) is 12.4. The number of methoxy groups -OCH3 is 1. The van der Waals surface area contributed by atoms with E-state index in [4.69, 9.17) is 4.74 Å². The summed E-state index contributed by atoms with van der Waals surface area (Å²) in [7, 11) is 1.75. The molecule has 3 nitrogen and oxygen atoms in total. The van der Waals surface area contributed by atoms with Gasteiger partial charge in [-0.2, -0.15) is 0 Å². The SMILES string of the molecule is COCCNC1(c2nccs2)CC(C)CC(C)C1. The summed E-state index contributed by atoms with van der Waals surface area (Å²) in [4.78, 5) is 4.57. The second-order valence-corrected chi connectivity index (χ2v) is 6.59. The van der Waals surface area contributed by atoms with Crippen LogP contribution >= 0.6 is 11.3 Å². The smallest absolute Gasteiger partial charge is 0.113 e. The molecule has 1 heterocycles. The average Bonchev–Trinajstić information content (AvgIpc) is 2.81. The van der Waals surface area contributed by atoms with E-state index in [-0.39, 0.29) is 5.54 Å². The first kappa shape index (κ1) is 14.0. The molecular weight excluding hydrogens is 244 g/mol. The van der Waals surface area contributed by atoms with Crippen LogP contribution in [0, 0.1) is 11.8 Å². The van der Waals surface area contributed by atoms with Crippen LogP contribution in [0.1, 0.15) is 38.1 Å². The van der Waals surface area contributed by atoms with Gasteiger partial charge in [0.05, 0.1) is 12.1 Å². The summed E-state index contributed by atoms with van der Waals surface area (Å²) in [5.41, 5.74) is 0.0732.